The second-order valence-corrected chi connectivity index (χ2v) is 7.47. The van der Waals surface area contributed by atoms with E-state index in [1.807, 2.05) is 18.2 Å². The molecular weight excluding hydrogens is 375 g/mol. The van der Waals surface area contributed by atoms with Crippen molar-refractivity contribution in [2.75, 3.05) is 5.75 Å². The van der Waals surface area contributed by atoms with Crippen molar-refractivity contribution in [1.82, 2.24) is 19.7 Å². The van der Waals surface area contributed by atoms with Gasteiger partial charge in [-0.25, -0.2) is 9.37 Å². The molecule has 0 atom stereocenters. The first-order chi connectivity index (χ1) is 13.7. The smallest absolute Gasteiger partial charge is 0.211 e. The van der Waals surface area contributed by atoms with Crippen LogP contribution < -0.4 is 0 Å². The Bertz CT molecular complexity index is 1140. The maximum Gasteiger partial charge on any atom is 0.211 e. The van der Waals surface area contributed by atoms with Crippen LogP contribution in [0.15, 0.2) is 53.7 Å². The Morgan fingerprint density at radius 1 is 1.11 bits per heavy atom. The summed E-state index contributed by atoms with van der Waals surface area (Å²) in [5.74, 6) is 0.393. The van der Waals surface area contributed by atoms with Crippen LogP contribution in [0.5, 0.6) is 0 Å². The summed E-state index contributed by atoms with van der Waals surface area (Å²) in [6.07, 6.45) is 1.10. The van der Waals surface area contributed by atoms with Crippen molar-refractivity contribution in [3.05, 3.63) is 59.9 Å². The summed E-state index contributed by atoms with van der Waals surface area (Å²) < 4.78 is 15.1. The average Bonchev–Trinajstić information content (AvgIpc) is 3.04. The van der Waals surface area contributed by atoms with Gasteiger partial charge in [0.2, 0.25) is 5.16 Å². The molecule has 4 aromatic rings. The van der Waals surface area contributed by atoms with Crippen molar-refractivity contribution in [2.24, 2.45) is 0 Å². The third kappa shape index (κ3) is 3.62. The first kappa shape index (κ1) is 18.6. The van der Waals surface area contributed by atoms with E-state index >= 15 is 0 Å². The minimum Gasteiger partial charge on any atom is -0.324 e. The summed E-state index contributed by atoms with van der Waals surface area (Å²) in [6, 6.07) is 13.8. The molecule has 2 aromatic carbocycles. The van der Waals surface area contributed by atoms with Gasteiger partial charge in [-0.1, -0.05) is 30.0 Å². The zero-order valence-corrected chi connectivity index (χ0v) is 16.2. The molecule has 0 fully saturated rings. The summed E-state index contributed by atoms with van der Waals surface area (Å²) in [4.78, 5) is 16.8. The molecule has 142 valence electrons. The van der Waals surface area contributed by atoms with E-state index in [1.165, 1.54) is 36.0 Å². The average molecular weight is 394 g/mol. The molecule has 0 amide bonds. The van der Waals surface area contributed by atoms with Gasteiger partial charge < -0.3 is 4.57 Å². The number of carbonyl (C=O) groups excluding carboxylic acids is 1. The Labute approximate surface area is 166 Å². The Morgan fingerprint density at radius 2 is 1.89 bits per heavy atom. The number of benzene rings is 2. The quantitative estimate of drug-likeness (QED) is 0.254. The number of hydrogen-bond donors (Lipinski definition) is 0. The summed E-state index contributed by atoms with van der Waals surface area (Å²) in [5.41, 5.74) is 3.30. The number of halogens is 1. The SMILES string of the molecule is CCn1c2ccccc2c2nnc(SCCCC(=O)c3ccc(F)cc3)nc21. The van der Waals surface area contributed by atoms with Crippen LogP contribution in [-0.2, 0) is 6.54 Å². The number of hydrogen-bond acceptors (Lipinski definition) is 5. The number of fused-ring (bicyclic) bond motifs is 3. The first-order valence-electron chi connectivity index (χ1n) is 9.20. The molecule has 0 radical (unpaired) electrons. The van der Waals surface area contributed by atoms with Crippen molar-refractivity contribution in [3.8, 4) is 0 Å². The van der Waals surface area contributed by atoms with E-state index < -0.39 is 0 Å². The second kappa shape index (κ2) is 8.06. The normalized spacial score (nSPS) is 11.4. The number of carbonyl (C=O) groups is 1. The number of aromatic nitrogens is 4. The largest absolute Gasteiger partial charge is 0.324 e. The molecule has 0 saturated heterocycles. The lowest BCUT2D eigenvalue weighted by atomic mass is 10.1. The minimum atomic E-state index is -0.336. The maximum atomic E-state index is 12.9. The highest BCUT2D eigenvalue weighted by Gasteiger charge is 2.14. The summed E-state index contributed by atoms with van der Waals surface area (Å²) in [7, 11) is 0. The molecule has 0 bridgehead atoms. The van der Waals surface area contributed by atoms with Crippen molar-refractivity contribution < 1.29 is 9.18 Å². The molecule has 2 aromatic heterocycles. The van der Waals surface area contributed by atoms with Crippen LogP contribution >= 0.6 is 11.8 Å². The van der Waals surface area contributed by atoms with Crippen molar-refractivity contribution >= 4 is 39.6 Å². The number of nitrogens with zero attached hydrogens (tertiary/aromatic N) is 4. The van der Waals surface area contributed by atoms with E-state index in [2.05, 4.69) is 27.8 Å². The van der Waals surface area contributed by atoms with Crippen molar-refractivity contribution in [2.45, 2.75) is 31.5 Å². The molecule has 2 heterocycles. The van der Waals surface area contributed by atoms with Gasteiger partial charge in [-0.2, -0.15) is 0 Å². The van der Waals surface area contributed by atoms with Crippen LogP contribution in [0.25, 0.3) is 22.1 Å². The number of para-hydroxylation sites is 1. The van der Waals surface area contributed by atoms with Gasteiger partial charge in [0.25, 0.3) is 0 Å². The van der Waals surface area contributed by atoms with Gasteiger partial charge in [0.05, 0.1) is 5.52 Å². The first-order valence-corrected chi connectivity index (χ1v) is 10.2. The van der Waals surface area contributed by atoms with E-state index in [4.69, 9.17) is 4.98 Å². The van der Waals surface area contributed by atoms with E-state index in [0.29, 0.717) is 29.3 Å². The number of Topliss-reactive ketones (excluding diaryl/α,β-unsaturated/α-hetero) is 1. The van der Waals surface area contributed by atoms with Gasteiger partial charge in [0.1, 0.15) is 11.3 Å². The Hall–Kier alpha value is -2.80. The fourth-order valence-corrected chi connectivity index (χ4v) is 3.97. The molecule has 28 heavy (non-hydrogen) atoms. The number of aryl methyl sites for hydroxylation is 1. The highest BCUT2D eigenvalue weighted by molar-refractivity contribution is 7.99. The lowest BCUT2D eigenvalue weighted by molar-refractivity contribution is 0.0982. The molecule has 0 aliphatic heterocycles. The van der Waals surface area contributed by atoms with Crippen molar-refractivity contribution in [3.63, 3.8) is 0 Å². The van der Waals surface area contributed by atoms with Crippen LogP contribution in [0.3, 0.4) is 0 Å². The highest BCUT2D eigenvalue weighted by atomic mass is 32.2. The summed E-state index contributed by atoms with van der Waals surface area (Å²) in [6.45, 7) is 2.89. The molecule has 0 unspecified atom stereocenters. The number of ketones is 1. The second-order valence-electron chi connectivity index (χ2n) is 6.41. The maximum absolute atomic E-state index is 12.9. The molecule has 7 heteroatoms. The molecule has 5 nitrogen and oxygen atoms in total. The highest BCUT2D eigenvalue weighted by Crippen LogP contribution is 2.27. The number of thioether (sulfide) groups is 1. The van der Waals surface area contributed by atoms with E-state index in [1.54, 1.807) is 0 Å². The molecule has 0 saturated carbocycles. The fraction of sp³-hybridized carbons (Fsp3) is 0.238. The van der Waals surface area contributed by atoms with E-state index in [9.17, 15) is 9.18 Å². The Kier molecular flexibility index (Phi) is 5.34. The van der Waals surface area contributed by atoms with Crippen LogP contribution in [0.2, 0.25) is 0 Å². The van der Waals surface area contributed by atoms with Crippen LogP contribution in [0.4, 0.5) is 4.39 Å². The third-order valence-electron chi connectivity index (χ3n) is 4.62. The minimum absolute atomic E-state index is 0.0150. The van der Waals surface area contributed by atoms with Crippen LogP contribution in [0, 0.1) is 5.82 Å². The number of rotatable bonds is 7. The predicted molar refractivity (Wildman–Crippen MR) is 109 cm³/mol. The zero-order valence-electron chi connectivity index (χ0n) is 15.4. The Morgan fingerprint density at radius 3 is 2.68 bits per heavy atom. The summed E-state index contributed by atoms with van der Waals surface area (Å²) in [5, 5.41) is 10.3. The van der Waals surface area contributed by atoms with E-state index in [0.717, 1.165) is 28.6 Å². The zero-order chi connectivity index (χ0) is 19.5. The molecule has 0 aliphatic rings. The van der Waals surface area contributed by atoms with Gasteiger partial charge in [-0.3, -0.25) is 4.79 Å². The molecule has 4 rings (SSSR count). The molecular formula is C21H19FN4OS. The van der Waals surface area contributed by atoms with Gasteiger partial charge in [0, 0.05) is 29.7 Å². The monoisotopic (exact) mass is 394 g/mol. The lowest BCUT2D eigenvalue weighted by Gasteiger charge is -2.03. The van der Waals surface area contributed by atoms with Gasteiger partial charge in [0.15, 0.2) is 11.4 Å². The Balaban J connectivity index is 1.43. The van der Waals surface area contributed by atoms with Crippen LogP contribution in [-0.4, -0.2) is 31.3 Å². The van der Waals surface area contributed by atoms with Crippen molar-refractivity contribution in [1.29, 1.82) is 0 Å². The van der Waals surface area contributed by atoms with Gasteiger partial charge >= 0.3 is 0 Å². The predicted octanol–water partition coefficient (Wildman–Crippen LogP) is 4.89. The van der Waals surface area contributed by atoms with Crippen LogP contribution in [0.1, 0.15) is 30.1 Å². The lowest BCUT2D eigenvalue weighted by Crippen LogP contribution is -2.01. The molecule has 0 N–H and O–H groups in total. The summed E-state index contributed by atoms with van der Waals surface area (Å²) >= 11 is 1.49. The fourth-order valence-electron chi connectivity index (χ4n) is 3.25. The molecule has 0 aliphatic carbocycles. The van der Waals surface area contributed by atoms with Gasteiger partial charge in [-0.05, 0) is 43.7 Å². The standard InChI is InChI=1S/C21H19FN4OS/c1-2-26-17-7-4-3-6-16(17)19-20(26)23-21(25-24-19)28-13-5-8-18(27)14-9-11-15(22)12-10-14/h3-4,6-7,9-12H,2,5,8,13H2,1H3. The van der Waals surface area contributed by atoms with Gasteiger partial charge in [-0.15, -0.1) is 10.2 Å². The topological polar surface area (TPSA) is 60.7 Å². The third-order valence-corrected chi connectivity index (χ3v) is 5.54. The van der Waals surface area contributed by atoms with E-state index in [-0.39, 0.29) is 11.6 Å². The molecule has 0 spiro atoms.